The Labute approximate surface area is 130 Å². The summed E-state index contributed by atoms with van der Waals surface area (Å²) < 4.78 is 0. The first kappa shape index (κ1) is 17.6. The molecule has 116 valence electrons. The van der Waals surface area contributed by atoms with Gasteiger partial charge in [0.25, 0.3) is 0 Å². The zero-order chi connectivity index (χ0) is 15.2. The van der Waals surface area contributed by atoms with Crippen LogP contribution < -0.4 is 0 Å². The standard InChI is InChI=1S/C20H30O/c1-2-3-4-5-6-7-8-9-10-11-12-13-15-19-16-14-17-20(21)18-19/h14,16-18,21H,2-12H2,1H3. The van der Waals surface area contributed by atoms with Crippen molar-refractivity contribution in [1.29, 1.82) is 0 Å². The highest BCUT2D eigenvalue weighted by atomic mass is 16.3. The van der Waals surface area contributed by atoms with E-state index in [0.717, 1.165) is 12.0 Å². The SMILES string of the molecule is CCCCCCCCCCCCC#Cc1cccc(O)c1. The zero-order valence-electron chi connectivity index (χ0n) is 13.5. The van der Waals surface area contributed by atoms with Crippen LogP contribution in [0.1, 0.15) is 83.1 Å². The third-order valence-electron chi connectivity index (χ3n) is 3.73. The smallest absolute Gasteiger partial charge is 0.116 e. The molecule has 0 amide bonds. The van der Waals surface area contributed by atoms with Gasteiger partial charge in [-0.3, -0.25) is 0 Å². The summed E-state index contributed by atoms with van der Waals surface area (Å²) in [6, 6.07) is 7.16. The van der Waals surface area contributed by atoms with Crippen LogP contribution in [-0.4, -0.2) is 5.11 Å². The van der Waals surface area contributed by atoms with Crippen molar-refractivity contribution in [2.75, 3.05) is 0 Å². The maximum atomic E-state index is 9.34. The fourth-order valence-corrected chi connectivity index (χ4v) is 2.45. The topological polar surface area (TPSA) is 20.2 Å². The Hall–Kier alpha value is -1.42. The lowest BCUT2D eigenvalue weighted by molar-refractivity contribution is 0.475. The van der Waals surface area contributed by atoms with Crippen LogP contribution in [0, 0.1) is 11.8 Å². The van der Waals surface area contributed by atoms with Crippen LogP contribution in [0.25, 0.3) is 0 Å². The second-order valence-electron chi connectivity index (χ2n) is 5.78. The molecule has 0 heterocycles. The summed E-state index contributed by atoms with van der Waals surface area (Å²) in [5, 5.41) is 9.34. The monoisotopic (exact) mass is 286 g/mol. The van der Waals surface area contributed by atoms with Gasteiger partial charge in [0.15, 0.2) is 0 Å². The molecule has 0 saturated heterocycles. The van der Waals surface area contributed by atoms with Crippen LogP contribution in [0.5, 0.6) is 5.75 Å². The molecule has 0 aromatic heterocycles. The molecular formula is C20H30O. The summed E-state index contributed by atoms with van der Waals surface area (Å²) in [6.45, 7) is 2.27. The average Bonchev–Trinajstić information content (AvgIpc) is 2.48. The quantitative estimate of drug-likeness (QED) is 0.410. The molecule has 0 unspecified atom stereocenters. The largest absolute Gasteiger partial charge is 0.508 e. The van der Waals surface area contributed by atoms with Crippen molar-refractivity contribution in [2.45, 2.75) is 77.6 Å². The molecular weight excluding hydrogens is 256 g/mol. The molecule has 1 nitrogen and oxygen atoms in total. The van der Waals surface area contributed by atoms with Crippen LogP contribution in [-0.2, 0) is 0 Å². The number of hydrogen-bond acceptors (Lipinski definition) is 1. The van der Waals surface area contributed by atoms with Crippen molar-refractivity contribution in [3.63, 3.8) is 0 Å². The van der Waals surface area contributed by atoms with Gasteiger partial charge in [0.2, 0.25) is 0 Å². The van der Waals surface area contributed by atoms with Gasteiger partial charge in [0, 0.05) is 12.0 Å². The first-order valence-electron chi connectivity index (χ1n) is 8.61. The maximum absolute atomic E-state index is 9.34. The first-order valence-corrected chi connectivity index (χ1v) is 8.61. The molecule has 0 saturated carbocycles. The first-order chi connectivity index (χ1) is 10.3. The predicted octanol–water partition coefficient (Wildman–Crippen LogP) is 6.05. The Morgan fingerprint density at radius 3 is 2.10 bits per heavy atom. The van der Waals surface area contributed by atoms with Crippen LogP contribution in [0.4, 0.5) is 0 Å². The van der Waals surface area contributed by atoms with E-state index in [0.29, 0.717) is 5.75 Å². The molecule has 1 rings (SSSR count). The van der Waals surface area contributed by atoms with Crippen LogP contribution in [0.3, 0.4) is 0 Å². The fourth-order valence-electron chi connectivity index (χ4n) is 2.45. The van der Waals surface area contributed by atoms with E-state index < -0.39 is 0 Å². The van der Waals surface area contributed by atoms with E-state index in [1.807, 2.05) is 12.1 Å². The van der Waals surface area contributed by atoms with Gasteiger partial charge in [0.1, 0.15) is 5.75 Å². The lowest BCUT2D eigenvalue weighted by atomic mass is 10.1. The normalized spacial score (nSPS) is 10.1. The van der Waals surface area contributed by atoms with Gasteiger partial charge >= 0.3 is 0 Å². The van der Waals surface area contributed by atoms with E-state index in [-0.39, 0.29) is 0 Å². The number of hydrogen-bond donors (Lipinski definition) is 1. The number of unbranched alkanes of at least 4 members (excludes halogenated alkanes) is 10. The summed E-state index contributed by atoms with van der Waals surface area (Å²) in [5.41, 5.74) is 0.905. The maximum Gasteiger partial charge on any atom is 0.116 e. The highest BCUT2D eigenvalue weighted by Gasteiger charge is 1.92. The molecule has 0 fully saturated rings. The van der Waals surface area contributed by atoms with Gasteiger partial charge in [-0.05, 0) is 24.6 Å². The predicted molar refractivity (Wildman–Crippen MR) is 91.4 cm³/mol. The van der Waals surface area contributed by atoms with Crippen LogP contribution in [0.2, 0.25) is 0 Å². The molecule has 0 atom stereocenters. The molecule has 0 aliphatic heterocycles. The summed E-state index contributed by atoms with van der Waals surface area (Å²) in [6.07, 6.45) is 14.6. The molecule has 21 heavy (non-hydrogen) atoms. The molecule has 0 radical (unpaired) electrons. The summed E-state index contributed by atoms with van der Waals surface area (Å²) >= 11 is 0. The van der Waals surface area contributed by atoms with Crippen molar-refractivity contribution in [1.82, 2.24) is 0 Å². The fraction of sp³-hybridized carbons (Fsp3) is 0.600. The number of phenols is 1. The molecule has 1 aromatic carbocycles. The van der Waals surface area contributed by atoms with Gasteiger partial charge < -0.3 is 5.11 Å². The Morgan fingerprint density at radius 1 is 0.857 bits per heavy atom. The third-order valence-corrected chi connectivity index (χ3v) is 3.73. The van der Waals surface area contributed by atoms with Crippen molar-refractivity contribution < 1.29 is 5.11 Å². The Bertz CT molecular complexity index is 425. The molecule has 1 N–H and O–H groups in total. The van der Waals surface area contributed by atoms with Gasteiger partial charge in [-0.1, -0.05) is 82.6 Å². The minimum absolute atomic E-state index is 0.292. The van der Waals surface area contributed by atoms with Gasteiger partial charge in [-0.2, -0.15) is 0 Å². The molecule has 0 spiro atoms. The molecule has 1 heteroatoms. The van der Waals surface area contributed by atoms with Crippen molar-refractivity contribution in [2.24, 2.45) is 0 Å². The number of rotatable bonds is 10. The van der Waals surface area contributed by atoms with E-state index >= 15 is 0 Å². The molecule has 1 aromatic rings. The van der Waals surface area contributed by atoms with E-state index in [1.165, 1.54) is 64.2 Å². The van der Waals surface area contributed by atoms with E-state index in [9.17, 15) is 5.11 Å². The second-order valence-corrected chi connectivity index (χ2v) is 5.78. The van der Waals surface area contributed by atoms with Gasteiger partial charge in [0.05, 0.1) is 0 Å². The van der Waals surface area contributed by atoms with Crippen molar-refractivity contribution >= 4 is 0 Å². The number of phenolic OH excluding ortho intramolecular Hbond substituents is 1. The highest BCUT2D eigenvalue weighted by Crippen LogP contribution is 2.12. The Morgan fingerprint density at radius 2 is 1.48 bits per heavy atom. The van der Waals surface area contributed by atoms with Crippen molar-refractivity contribution in [3.8, 4) is 17.6 Å². The minimum atomic E-state index is 0.292. The van der Waals surface area contributed by atoms with Gasteiger partial charge in [-0.15, -0.1) is 0 Å². The van der Waals surface area contributed by atoms with Crippen LogP contribution >= 0.6 is 0 Å². The summed E-state index contributed by atoms with van der Waals surface area (Å²) in [7, 11) is 0. The average molecular weight is 286 g/mol. The number of benzene rings is 1. The lowest BCUT2D eigenvalue weighted by Gasteiger charge is -2.00. The van der Waals surface area contributed by atoms with Crippen molar-refractivity contribution in [3.05, 3.63) is 29.8 Å². The second kappa shape index (κ2) is 12.3. The molecule has 0 aliphatic rings. The van der Waals surface area contributed by atoms with E-state index in [1.54, 1.807) is 12.1 Å². The Kier molecular flexibility index (Phi) is 10.4. The van der Waals surface area contributed by atoms with E-state index in [4.69, 9.17) is 0 Å². The van der Waals surface area contributed by atoms with Crippen LogP contribution in [0.15, 0.2) is 24.3 Å². The number of aromatic hydroxyl groups is 1. The Balaban J connectivity index is 1.93. The third kappa shape index (κ3) is 10.0. The highest BCUT2D eigenvalue weighted by molar-refractivity contribution is 5.38. The molecule has 0 bridgehead atoms. The minimum Gasteiger partial charge on any atom is -0.508 e. The lowest BCUT2D eigenvalue weighted by Crippen LogP contribution is -1.81. The van der Waals surface area contributed by atoms with E-state index in [2.05, 4.69) is 18.8 Å². The summed E-state index contributed by atoms with van der Waals surface area (Å²) in [4.78, 5) is 0. The van der Waals surface area contributed by atoms with Gasteiger partial charge in [-0.25, -0.2) is 0 Å². The summed E-state index contributed by atoms with van der Waals surface area (Å²) in [5.74, 6) is 6.59. The zero-order valence-corrected chi connectivity index (χ0v) is 13.5. The molecule has 0 aliphatic carbocycles.